The molecule has 0 aromatic heterocycles. The molecule has 0 aliphatic carbocycles. The van der Waals surface area contributed by atoms with Crippen LogP contribution in [-0.2, 0) is 9.59 Å². The first kappa shape index (κ1) is 7.51. The van der Waals surface area contributed by atoms with E-state index < -0.39 is 0 Å². The van der Waals surface area contributed by atoms with Gasteiger partial charge in [0.25, 0.3) is 11.8 Å². The minimum Gasteiger partial charge on any atom is -0.271 e. The van der Waals surface area contributed by atoms with Crippen molar-refractivity contribution in [3.05, 3.63) is 30.5 Å². The van der Waals surface area contributed by atoms with Crippen molar-refractivity contribution < 1.29 is 9.59 Å². The number of hydrogen-bond acceptors (Lipinski definition) is 2. The van der Waals surface area contributed by atoms with Crippen LogP contribution in [0, 0.1) is 0 Å². The van der Waals surface area contributed by atoms with Crippen LogP contribution in [0.3, 0.4) is 0 Å². The first-order valence-corrected chi connectivity index (χ1v) is 3.13. The zero-order valence-electron chi connectivity index (χ0n) is 5.91. The van der Waals surface area contributed by atoms with Crippen LogP contribution in [0.2, 0.25) is 0 Å². The molecular weight excluding hydrogens is 142 g/mol. The average molecular weight is 149 g/mol. The summed E-state index contributed by atoms with van der Waals surface area (Å²) in [4.78, 5) is 22.8. The summed E-state index contributed by atoms with van der Waals surface area (Å²) in [6.45, 7) is 3.58. The molecule has 0 atom stereocenters. The second-order valence-corrected chi connectivity index (χ2v) is 2.03. The van der Waals surface area contributed by atoms with E-state index in [1.54, 1.807) is 0 Å². The van der Waals surface area contributed by atoms with Gasteiger partial charge in [-0.25, -0.2) is 0 Å². The van der Waals surface area contributed by atoms with Gasteiger partial charge < -0.3 is 0 Å². The van der Waals surface area contributed by atoms with Crippen LogP contribution in [0.25, 0.3) is 0 Å². The Hall–Kier alpha value is -1.60. The lowest BCUT2D eigenvalue weighted by Gasteiger charge is -2.08. The molecule has 3 heteroatoms. The summed E-state index contributed by atoms with van der Waals surface area (Å²) in [6.07, 6.45) is 4.03. The highest BCUT2D eigenvalue weighted by atomic mass is 16.2. The predicted molar refractivity (Wildman–Crippen MR) is 39.6 cm³/mol. The Morgan fingerprint density at radius 3 is 2.45 bits per heavy atom. The highest BCUT2D eigenvalue weighted by Gasteiger charge is 2.21. The molecule has 0 bridgehead atoms. The lowest BCUT2D eigenvalue weighted by atomic mass is 10.5. The summed E-state index contributed by atoms with van der Waals surface area (Å²) in [5.74, 6) is -0.553. The molecule has 0 fully saturated rings. The average Bonchev–Trinajstić information content (AvgIpc) is 2.29. The van der Waals surface area contributed by atoms with Gasteiger partial charge in [-0.2, -0.15) is 0 Å². The van der Waals surface area contributed by atoms with Crippen LogP contribution in [-0.4, -0.2) is 23.3 Å². The predicted octanol–water partition coefficient (Wildman–Crippen LogP) is 0.252. The molecule has 0 spiro atoms. The first-order valence-electron chi connectivity index (χ1n) is 3.13. The molecule has 1 aliphatic heterocycles. The van der Waals surface area contributed by atoms with Gasteiger partial charge in [0.05, 0.1) is 6.54 Å². The molecule has 2 amide bonds. The molecule has 0 radical (unpaired) electrons. The highest BCUT2D eigenvalue weighted by Crippen LogP contribution is 2.01. The Kier molecular flexibility index (Phi) is 2.04. The third-order valence-electron chi connectivity index (χ3n) is 1.32. The second-order valence-electron chi connectivity index (χ2n) is 2.03. The minimum atomic E-state index is -0.276. The fourth-order valence-corrected chi connectivity index (χ4v) is 0.767. The maximum Gasteiger partial charge on any atom is 0.253 e. The summed E-state index contributed by atoms with van der Waals surface area (Å²) in [5.41, 5.74) is 2.49. The van der Waals surface area contributed by atoms with E-state index in [0.29, 0.717) is 0 Å². The van der Waals surface area contributed by atoms with E-state index in [0.717, 1.165) is 4.90 Å². The normalized spacial score (nSPS) is 15.5. The van der Waals surface area contributed by atoms with Gasteiger partial charge in [-0.05, 0) is 6.08 Å². The standard InChI is InChI=1S/C8H7NO2/c1-2-3-6-9-7(10)4-5-8(9)11/h3-5H,1,6H2. The minimum absolute atomic E-state index is 0.258. The van der Waals surface area contributed by atoms with Crippen molar-refractivity contribution in [2.45, 2.75) is 0 Å². The van der Waals surface area contributed by atoms with E-state index in [1.807, 2.05) is 0 Å². The Morgan fingerprint density at radius 2 is 2.00 bits per heavy atom. The van der Waals surface area contributed by atoms with Crippen molar-refractivity contribution in [1.82, 2.24) is 4.90 Å². The molecular formula is C8H7NO2. The van der Waals surface area contributed by atoms with E-state index in [9.17, 15) is 9.59 Å². The van der Waals surface area contributed by atoms with E-state index in [4.69, 9.17) is 0 Å². The molecule has 1 heterocycles. The van der Waals surface area contributed by atoms with E-state index >= 15 is 0 Å². The van der Waals surface area contributed by atoms with E-state index in [1.165, 1.54) is 18.2 Å². The molecule has 1 rings (SSSR count). The van der Waals surface area contributed by atoms with Crippen LogP contribution in [0.1, 0.15) is 0 Å². The zero-order chi connectivity index (χ0) is 8.27. The molecule has 0 saturated carbocycles. The number of amides is 2. The second kappa shape index (κ2) is 2.99. The monoisotopic (exact) mass is 149 g/mol. The largest absolute Gasteiger partial charge is 0.271 e. The molecule has 56 valence electrons. The molecule has 3 nitrogen and oxygen atoms in total. The Balaban J connectivity index is 2.66. The van der Waals surface area contributed by atoms with Crippen LogP contribution in [0.5, 0.6) is 0 Å². The number of rotatable bonds is 2. The summed E-state index contributed by atoms with van der Waals surface area (Å²) in [6, 6.07) is 0. The molecule has 0 aromatic rings. The van der Waals surface area contributed by atoms with Crippen molar-refractivity contribution >= 4 is 11.8 Å². The number of nitrogens with zero attached hydrogens (tertiary/aromatic N) is 1. The molecule has 1 aliphatic rings. The summed E-state index contributed by atoms with van der Waals surface area (Å²) in [5, 5.41) is 0. The van der Waals surface area contributed by atoms with Gasteiger partial charge >= 0.3 is 0 Å². The number of carbonyl (C=O) groups excluding carboxylic acids is 2. The molecule has 0 aromatic carbocycles. The molecule has 11 heavy (non-hydrogen) atoms. The van der Waals surface area contributed by atoms with Gasteiger partial charge in [-0.3, -0.25) is 14.5 Å². The highest BCUT2D eigenvalue weighted by molar-refractivity contribution is 6.12. The van der Waals surface area contributed by atoms with Crippen molar-refractivity contribution in [1.29, 1.82) is 0 Å². The van der Waals surface area contributed by atoms with Crippen LogP contribution in [0.4, 0.5) is 0 Å². The molecule has 0 saturated heterocycles. The van der Waals surface area contributed by atoms with Gasteiger partial charge in [0, 0.05) is 12.2 Å². The van der Waals surface area contributed by atoms with Gasteiger partial charge in [-0.15, -0.1) is 5.73 Å². The van der Waals surface area contributed by atoms with E-state index in [2.05, 4.69) is 12.3 Å². The topological polar surface area (TPSA) is 37.4 Å². The number of carbonyl (C=O) groups is 2. The van der Waals surface area contributed by atoms with Gasteiger partial charge in [-0.1, -0.05) is 6.58 Å². The maximum atomic E-state index is 10.8. The van der Waals surface area contributed by atoms with Crippen molar-refractivity contribution in [2.24, 2.45) is 0 Å². The molecule has 0 unspecified atom stereocenters. The lowest BCUT2D eigenvalue weighted by molar-refractivity contribution is -0.136. The third kappa shape index (κ3) is 1.45. The quantitative estimate of drug-likeness (QED) is 0.417. The number of imide groups is 1. The van der Waals surface area contributed by atoms with Gasteiger partial charge in [0.1, 0.15) is 0 Å². The fourth-order valence-electron chi connectivity index (χ4n) is 0.767. The van der Waals surface area contributed by atoms with E-state index in [-0.39, 0.29) is 18.4 Å². The summed E-state index contributed by atoms with van der Waals surface area (Å²) in [7, 11) is 0. The molecule has 0 N–H and O–H groups in total. The van der Waals surface area contributed by atoms with Crippen molar-refractivity contribution in [3.8, 4) is 0 Å². The number of hydrogen-bond donors (Lipinski definition) is 0. The zero-order valence-corrected chi connectivity index (χ0v) is 5.91. The van der Waals surface area contributed by atoms with Crippen molar-refractivity contribution in [2.75, 3.05) is 6.54 Å². The SMILES string of the molecule is C=C=CCN1C(=O)C=CC1=O. The van der Waals surface area contributed by atoms with Gasteiger partial charge in [0.2, 0.25) is 0 Å². The third-order valence-corrected chi connectivity index (χ3v) is 1.32. The Bertz CT molecular complexity index is 254. The lowest BCUT2D eigenvalue weighted by Crippen LogP contribution is -2.29. The summed E-state index contributed by atoms with van der Waals surface area (Å²) >= 11 is 0. The maximum absolute atomic E-state index is 10.8. The Labute approximate surface area is 64.3 Å². The van der Waals surface area contributed by atoms with Crippen LogP contribution < -0.4 is 0 Å². The van der Waals surface area contributed by atoms with Crippen LogP contribution >= 0.6 is 0 Å². The Morgan fingerprint density at radius 1 is 1.45 bits per heavy atom. The van der Waals surface area contributed by atoms with Crippen molar-refractivity contribution in [3.63, 3.8) is 0 Å². The van der Waals surface area contributed by atoms with Crippen LogP contribution in [0.15, 0.2) is 30.5 Å². The van der Waals surface area contributed by atoms with Gasteiger partial charge in [0.15, 0.2) is 0 Å². The first-order chi connectivity index (χ1) is 5.25. The smallest absolute Gasteiger partial charge is 0.253 e. The summed E-state index contributed by atoms with van der Waals surface area (Å²) < 4.78 is 0. The fraction of sp³-hybridized carbons (Fsp3) is 0.125.